The van der Waals surface area contributed by atoms with Crippen LogP contribution < -0.4 is 5.32 Å². The molecule has 1 saturated carbocycles. The summed E-state index contributed by atoms with van der Waals surface area (Å²) < 4.78 is 28.5. The van der Waals surface area contributed by atoms with Crippen molar-refractivity contribution in [1.29, 1.82) is 0 Å². The minimum atomic E-state index is -3.55. The van der Waals surface area contributed by atoms with E-state index in [0.717, 1.165) is 25.5 Å². The molecular formula is C18H25NO5S. The largest absolute Gasteiger partial charge is 0.452 e. The Morgan fingerprint density at radius 3 is 2.56 bits per heavy atom. The molecule has 1 aliphatic rings. The normalized spacial score (nSPS) is 23.7. The van der Waals surface area contributed by atoms with Gasteiger partial charge in [0.05, 0.1) is 10.5 Å². The molecule has 1 aromatic rings. The van der Waals surface area contributed by atoms with Gasteiger partial charge in [-0.05, 0) is 30.4 Å². The van der Waals surface area contributed by atoms with Gasteiger partial charge in [-0.1, -0.05) is 38.8 Å². The van der Waals surface area contributed by atoms with E-state index in [1.54, 1.807) is 6.07 Å². The van der Waals surface area contributed by atoms with Crippen LogP contribution in [0.1, 0.15) is 43.5 Å². The zero-order valence-electron chi connectivity index (χ0n) is 14.8. The van der Waals surface area contributed by atoms with Gasteiger partial charge >= 0.3 is 5.97 Å². The Balaban J connectivity index is 1.95. The van der Waals surface area contributed by atoms with E-state index < -0.39 is 22.4 Å². The summed E-state index contributed by atoms with van der Waals surface area (Å²) in [6.07, 6.45) is 4.17. The van der Waals surface area contributed by atoms with E-state index in [0.29, 0.717) is 11.8 Å². The third kappa shape index (κ3) is 5.04. The second kappa shape index (κ2) is 7.99. The first-order chi connectivity index (χ1) is 11.7. The predicted octanol–water partition coefficient (Wildman–Crippen LogP) is 2.19. The lowest BCUT2D eigenvalue weighted by Gasteiger charge is -2.34. The standard InChI is InChI=1S/C18H25NO5S/c1-12-7-6-9-15(13(12)2)19-17(20)11-24-18(21)14-8-4-5-10-16(14)25(3,22)23/h4-5,8,10,12-13,15H,6-7,9,11H2,1-3H3,(H,19,20)/t12-,13-,15+/m1/s1. The van der Waals surface area contributed by atoms with Gasteiger partial charge in [-0.3, -0.25) is 4.79 Å². The lowest BCUT2D eigenvalue weighted by atomic mass is 9.78. The molecular weight excluding hydrogens is 342 g/mol. The molecule has 0 bridgehead atoms. The summed E-state index contributed by atoms with van der Waals surface area (Å²) in [5, 5.41) is 2.92. The SMILES string of the molecule is C[C@@H]1[C@H](C)CCC[C@@H]1NC(=O)COC(=O)c1ccccc1S(C)(=O)=O. The zero-order valence-corrected chi connectivity index (χ0v) is 15.6. The van der Waals surface area contributed by atoms with Gasteiger partial charge in [0.2, 0.25) is 0 Å². The first-order valence-corrected chi connectivity index (χ1v) is 10.3. The molecule has 1 aliphatic carbocycles. The highest BCUT2D eigenvalue weighted by Crippen LogP contribution is 2.29. The molecule has 0 heterocycles. The maximum absolute atomic E-state index is 12.2. The number of carbonyl (C=O) groups is 2. The maximum Gasteiger partial charge on any atom is 0.339 e. The molecule has 1 aromatic carbocycles. The molecule has 6 nitrogen and oxygen atoms in total. The quantitative estimate of drug-likeness (QED) is 0.806. The Morgan fingerprint density at radius 2 is 1.88 bits per heavy atom. The maximum atomic E-state index is 12.2. The fourth-order valence-electron chi connectivity index (χ4n) is 3.20. The van der Waals surface area contributed by atoms with Crippen molar-refractivity contribution in [3.05, 3.63) is 29.8 Å². The number of sulfone groups is 1. The average molecular weight is 367 g/mol. The van der Waals surface area contributed by atoms with Crippen LogP contribution in [-0.2, 0) is 19.4 Å². The van der Waals surface area contributed by atoms with Crippen LogP contribution in [0.4, 0.5) is 0 Å². The van der Waals surface area contributed by atoms with Gasteiger partial charge in [0.15, 0.2) is 16.4 Å². The lowest BCUT2D eigenvalue weighted by Crippen LogP contribution is -2.45. The molecule has 0 radical (unpaired) electrons. The van der Waals surface area contributed by atoms with Gasteiger partial charge < -0.3 is 10.1 Å². The van der Waals surface area contributed by atoms with Gasteiger partial charge in [0.1, 0.15) is 0 Å². The number of hydrogen-bond donors (Lipinski definition) is 1. The number of amides is 1. The Labute approximate surface area is 148 Å². The summed E-state index contributed by atoms with van der Waals surface area (Å²) in [4.78, 5) is 24.1. The third-order valence-corrected chi connectivity index (χ3v) is 6.05. The molecule has 0 saturated heterocycles. The van der Waals surface area contributed by atoms with E-state index in [1.165, 1.54) is 18.2 Å². The van der Waals surface area contributed by atoms with Crippen LogP contribution in [0.15, 0.2) is 29.2 Å². The van der Waals surface area contributed by atoms with Crippen molar-refractivity contribution >= 4 is 21.7 Å². The molecule has 25 heavy (non-hydrogen) atoms. The summed E-state index contributed by atoms with van der Waals surface area (Å²) in [5.41, 5.74) is -0.0579. The van der Waals surface area contributed by atoms with Crippen molar-refractivity contribution in [2.24, 2.45) is 11.8 Å². The number of carbonyl (C=O) groups excluding carboxylic acids is 2. The molecule has 0 aliphatic heterocycles. The highest BCUT2D eigenvalue weighted by atomic mass is 32.2. The monoisotopic (exact) mass is 367 g/mol. The Hall–Kier alpha value is -1.89. The fourth-order valence-corrected chi connectivity index (χ4v) is 4.08. The summed E-state index contributed by atoms with van der Waals surface area (Å²) in [7, 11) is -3.55. The Kier molecular flexibility index (Phi) is 6.21. The van der Waals surface area contributed by atoms with E-state index in [2.05, 4.69) is 19.2 Å². The molecule has 0 spiro atoms. The Bertz CT molecular complexity index is 744. The molecule has 3 atom stereocenters. The number of hydrogen-bond acceptors (Lipinski definition) is 5. The Morgan fingerprint density at radius 1 is 1.20 bits per heavy atom. The molecule has 1 fully saturated rings. The molecule has 138 valence electrons. The minimum absolute atomic E-state index is 0.0579. The van der Waals surface area contributed by atoms with Crippen LogP contribution >= 0.6 is 0 Å². The first kappa shape index (κ1) is 19.4. The van der Waals surface area contributed by atoms with E-state index in [1.807, 2.05) is 0 Å². The zero-order chi connectivity index (χ0) is 18.6. The van der Waals surface area contributed by atoms with Crippen molar-refractivity contribution in [3.63, 3.8) is 0 Å². The summed E-state index contributed by atoms with van der Waals surface area (Å²) in [6, 6.07) is 5.89. The first-order valence-electron chi connectivity index (χ1n) is 8.45. The van der Waals surface area contributed by atoms with E-state index in [9.17, 15) is 18.0 Å². The number of benzene rings is 1. The molecule has 0 unspecified atom stereocenters. The van der Waals surface area contributed by atoms with Crippen molar-refractivity contribution < 1.29 is 22.7 Å². The molecule has 2 rings (SSSR count). The second-order valence-corrected chi connectivity index (χ2v) is 8.77. The lowest BCUT2D eigenvalue weighted by molar-refractivity contribution is -0.125. The minimum Gasteiger partial charge on any atom is -0.452 e. The molecule has 1 amide bonds. The smallest absolute Gasteiger partial charge is 0.339 e. The van der Waals surface area contributed by atoms with Gasteiger partial charge in [-0.15, -0.1) is 0 Å². The number of rotatable bonds is 5. The van der Waals surface area contributed by atoms with E-state index >= 15 is 0 Å². The van der Waals surface area contributed by atoms with Crippen LogP contribution in [0.3, 0.4) is 0 Å². The fraction of sp³-hybridized carbons (Fsp3) is 0.556. The molecule has 1 N–H and O–H groups in total. The van der Waals surface area contributed by atoms with E-state index in [4.69, 9.17) is 4.74 Å². The van der Waals surface area contributed by atoms with Gasteiger partial charge in [-0.2, -0.15) is 0 Å². The van der Waals surface area contributed by atoms with Gasteiger partial charge in [0, 0.05) is 12.3 Å². The van der Waals surface area contributed by atoms with E-state index in [-0.39, 0.29) is 22.4 Å². The highest BCUT2D eigenvalue weighted by Gasteiger charge is 2.28. The topological polar surface area (TPSA) is 89.5 Å². The van der Waals surface area contributed by atoms with Gasteiger partial charge in [-0.25, -0.2) is 13.2 Å². The van der Waals surface area contributed by atoms with Crippen LogP contribution in [0, 0.1) is 11.8 Å². The number of ether oxygens (including phenoxy) is 1. The summed E-state index contributed by atoms with van der Waals surface area (Å²) >= 11 is 0. The number of esters is 1. The van der Waals surface area contributed by atoms with Crippen LogP contribution in [0.5, 0.6) is 0 Å². The summed E-state index contributed by atoms with van der Waals surface area (Å²) in [5.74, 6) is -0.264. The highest BCUT2D eigenvalue weighted by molar-refractivity contribution is 7.90. The molecule has 7 heteroatoms. The van der Waals surface area contributed by atoms with Crippen molar-refractivity contribution in [2.75, 3.05) is 12.9 Å². The van der Waals surface area contributed by atoms with Gasteiger partial charge in [0.25, 0.3) is 5.91 Å². The van der Waals surface area contributed by atoms with Crippen LogP contribution in [0.25, 0.3) is 0 Å². The van der Waals surface area contributed by atoms with Crippen LogP contribution in [0.2, 0.25) is 0 Å². The second-order valence-electron chi connectivity index (χ2n) is 6.79. The predicted molar refractivity (Wildman–Crippen MR) is 93.9 cm³/mol. The molecule has 0 aromatic heterocycles. The van der Waals surface area contributed by atoms with Crippen molar-refractivity contribution in [2.45, 2.75) is 44.0 Å². The van der Waals surface area contributed by atoms with Crippen LogP contribution in [-0.4, -0.2) is 39.2 Å². The summed E-state index contributed by atoms with van der Waals surface area (Å²) in [6.45, 7) is 3.86. The average Bonchev–Trinajstić information content (AvgIpc) is 2.56. The van der Waals surface area contributed by atoms with Crippen molar-refractivity contribution in [3.8, 4) is 0 Å². The number of nitrogens with one attached hydrogen (secondary N) is 1. The third-order valence-electron chi connectivity index (χ3n) is 4.89. The van der Waals surface area contributed by atoms with Crippen molar-refractivity contribution in [1.82, 2.24) is 5.32 Å².